The van der Waals surface area contributed by atoms with E-state index in [2.05, 4.69) is 17.0 Å². The third-order valence-electron chi connectivity index (χ3n) is 5.80. The van der Waals surface area contributed by atoms with Gasteiger partial charge in [0.1, 0.15) is 5.75 Å². The van der Waals surface area contributed by atoms with Gasteiger partial charge in [-0.2, -0.15) is 0 Å². The Kier molecular flexibility index (Phi) is 4.17. The van der Waals surface area contributed by atoms with Crippen LogP contribution in [0.4, 0.5) is 0 Å². The lowest BCUT2D eigenvalue weighted by Gasteiger charge is -2.44. The summed E-state index contributed by atoms with van der Waals surface area (Å²) in [6.45, 7) is 0.885. The predicted molar refractivity (Wildman–Crippen MR) is 96.5 cm³/mol. The fourth-order valence-corrected chi connectivity index (χ4v) is 4.59. The standard InChI is InChI=1S/C21H25NO2/c1-24-20-14-17-9-3-2-8-16(17)13-18(20)21(23)22-12-6-10-15-7-4-5-11-19(15)22/h2-3,8-9,13-15,19H,4-7,10-12H2,1H3. The average Bonchev–Trinajstić information content (AvgIpc) is 2.66. The summed E-state index contributed by atoms with van der Waals surface area (Å²) in [6.07, 6.45) is 7.42. The van der Waals surface area contributed by atoms with Crippen LogP contribution in [-0.4, -0.2) is 30.5 Å². The minimum Gasteiger partial charge on any atom is -0.496 e. The van der Waals surface area contributed by atoms with Gasteiger partial charge in [0.05, 0.1) is 12.7 Å². The molecule has 2 aliphatic rings. The molecular weight excluding hydrogens is 298 g/mol. The quantitative estimate of drug-likeness (QED) is 0.805. The number of amides is 1. The Morgan fingerprint density at radius 2 is 1.75 bits per heavy atom. The van der Waals surface area contributed by atoms with E-state index in [-0.39, 0.29) is 5.91 Å². The van der Waals surface area contributed by atoms with Crippen LogP contribution in [0.3, 0.4) is 0 Å². The molecule has 2 fully saturated rings. The van der Waals surface area contributed by atoms with E-state index in [1.807, 2.05) is 24.3 Å². The number of carbonyl (C=O) groups excluding carboxylic acids is 1. The van der Waals surface area contributed by atoms with Crippen molar-refractivity contribution in [3.05, 3.63) is 42.0 Å². The highest BCUT2D eigenvalue weighted by Gasteiger charge is 2.36. The van der Waals surface area contributed by atoms with Gasteiger partial charge in [0.15, 0.2) is 0 Å². The first-order chi connectivity index (χ1) is 11.8. The number of likely N-dealkylation sites (tertiary alicyclic amines) is 1. The van der Waals surface area contributed by atoms with E-state index in [9.17, 15) is 4.79 Å². The second-order valence-corrected chi connectivity index (χ2v) is 7.15. The average molecular weight is 323 g/mol. The van der Waals surface area contributed by atoms with Crippen molar-refractivity contribution in [2.45, 2.75) is 44.6 Å². The van der Waals surface area contributed by atoms with E-state index in [1.165, 1.54) is 25.7 Å². The van der Waals surface area contributed by atoms with Crippen molar-refractivity contribution in [1.82, 2.24) is 4.90 Å². The predicted octanol–water partition coefficient (Wildman–Crippen LogP) is 4.64. The third kappa shape index (κ3) is 2.66. The summed E-state index contributed by atoms with van der Waals surface area (Å²) < 4.78 is 5.55. The van der Waals surface area contributed by atoms with Gasteiger partial charge in [-0.25, -0.2) is 0 Å². The van der Waals surface area contributed by atoms with Crippen LogP contribution in [0.5, 0.6) is 5.75 Å². The number of carbonyl (C=O) groups is 1. The molecule has 0 spiro atoms. The molecule has 1 amide bonds. The van der Waals surface area contributed by atoms with Gasteiger partial charge in [-0.05, 0) is 54.5 Å². The summed E-state index contributed by atoms with van der Waals surface area (Å²) >= 11 is 0. The molecule has 1 heterocycles. The number of nitrogens with zero attached hydrogens (tertiary/aromatic N) is 1. The van der Waals surface area contributed by atoms with Crippen LogP contribution >= 0.6 is 0 Å². The minimum absolute atomic E-state index is 0.147. The molecule has 2 aromatic carbocycles. The van der Waals surface area contributed by atoms with Crippen molar-refractivity contribution < 1.29 is 9.53 Å². The van der Waals surface area contributed by atoms with E-state index >= 15 is 0 Å². The fourth-order valence-electron chi connectivity index (χ4n) is 4.59. The van der Waals surface area contributed by atoms with Crippen LogP contribution in [0.25, 0.3) is 10.8 Å². The summed E-state index contributed by atoms with van der Waals surface area (Å²) in [4.78, 5) is 15.5. The monoisotopic (exact) mass is 323 g/mol. The molecule has 1 saturated heterocycles. The zero-order chi connectivity index (χ0) is 16.5. The number of hydrogen-bond donors (Lipinski definition) is 0. The lowest BCUT2D eigenvalue weighted by atomic mass is 9.78. The normalized spacial score (nSPS) is 23.8. The molecule has 1 saturated carbocycles. The van der Waals surface area contributed by atoms with Gasteiger partial charge in [0, 0.05) is 12.6 Å². The minimum atomic E-state index is 0.147. The van der Waals surface area contributed by atoms with Crippen molar-refractivity contribution in [2.24, 2.45) is 5.92 Å². The van der Waals surface area contributed by atoms with Crippen LogP contribution in [-0.2, 0) is 0 Å². The number of methoxy groups -OCH3 is 1. The summed E-state index contributed by atoms with van der Waals surface area (Å²) in [5.74, 6) is 1.54. The SMILES string of the molecule is COc1cc2ccccc2cc1C(=O)N1CCCC2CCCCC21. The molecule has 126 valence electrons. The lowest BCUT2D eigenvalue weighted by molar-refractivity contribution is 0.0388. The van der Waals surface area contributed by atoms with Crippen molar-refractivity contribution in [3.63, 3.8) is 0 Å². The fraction of sp³-hybridized carbons (Fsp3) is 0.476. The molecule has 1 aliphatic carbocycles. The zero-order valence-corrected chi connectivity index (χ0v) is 14.3. The highest BCUT2D eigenvalue weighted by molar-refractivity contribution is 6.01. The van der Waals surface area contributed by atoms with Gasteiger partial charge in [-0.3, -0.25) is 4.79 Å². The van der Waals surface area contributed by atoms with Crippen LogP contribution in [0.1, 0.15) is 48.9 Å². The Labute approximate surface area is 143 Å². The summed E-state index contributed by atoms with van der Waals surface area (Å²) in [7, 11) is 1.65. The highest BCUT2D eigenvalue weighted by atomic mass is 16.5. The van der Waals surface area contributed by atoms with E-state index in [4.69, 9.17) is 4.74 Å². The van der Waals surface area contributed by atoms with Crippen LogP contribution in [0, 0.1) is 5.92 Å². The molecule has 0 bridgehead atoms. The Hall–Kier alpha value is -2.03. The maximum absolute atomic E-state index is 13.3. The van der Waals surface area contributed by atoms with Crippen LogP contribution in [0.2, 0.25) is 0 Å². The molecule has 2 atom stereocenters. The van der Waals surface area contributed by atoms with Gasteiger partial charge >= 0.3 is 0 Å². The first-order valence-corrected chi connectivity index (χ1v) is 9.15. The molecule has 24 heavy (non-hydrogen) atoms. The molecule has 4 rings (SSSR count). The van der Waals surface area contributed by atoms with Crippen molar-refractivity contribution >= 4 is 16.7 Å². The lowest BCUT2D eigenvalue weighted by Crippen LogP contribution is -2.49. The van der Waals surface area contributed by atoms with Crippen molar-refractivity contribution in [2.75, 3.05) is 13.7 Å². The number of ether oxygens (including phenoxy) is 1. The van der Waals surface area contributed by atoms with Gasteiger partial charge in [0.25, 0.3) is 5.91 Å². The van der Waals surface area contributed by atoms with Gasteiger partial charge in [-0.1, -0.05) is 37.1 Å². The topological polar surface area (TPSA) is 29.5 Å². The molecule has 3 heteroatoms. The van der Waals surface area contributed by atoms with Gasteiger partial charge < -0.3 is 9.64 Å². The van der Waals surface area contributed by atoms with E-state index in [1.54, 1.807) is 7.11 Å². The van der Waals surface area contributed by atoms with Crippen LogP contribution in [0.15, 0.2) is 36.4 Å². The number of rotatable bonds is 2. The maximum Gasteiger partial charge on any atom is 0.257 e. The smallest absolute Gasteiger partial charge is 0.257 e. The second kappa shape index (κ2) is 6.46. The molecule has 2 unspecified atom stereocenters. The number of fused-ring (bicyclic) bond motifs is 2. The number of piperidine rings is 1. The Morgan fingerprint density at radius 3 is 2.54 bits per heavy atom. The van der Waals surface area contributed by atoms with Gasteiger partial charge in [0.2, 0.25) is 0 Å². The third-order valence-corrected chi connectivity index (χ3v) is 5.80. The number of hydrogen-bond acceptors (Lipinski definition) is 2. The Bertz CT molecular complexity index is 753. The Balaban J connectivity index is 1.71. The summed E-state index contributed by atoms with van der Waals surface area (Å²) in [5.41, 5.74) is 0.711. The number of benzene rings is 2. The van der Waals surface area contributed by atoms with E-state index < -0.39 is 0 Å². The van der Waals surface area contributed by atoms with Crippen molar-refractivity contribution in [3.8, 4) is 5.75 Å². The first kappa shape index (κ1) is 15.5. The second-order valence-electron chi connectivity index (χ2n) is 7.15. The molecule has 0 N–H and O–H groups in total. The largest absolute Gasteiger partial charge is 0.496 e. The molecule has 1 aliphatic heterocycles. The van der Waals surface area contributed by atoms with Crippen LogP contribution < -0.4 is 4.74 Å². The Morgan fingerprint density at radius 1 is 1.04 bits per heavy atom. The summed E-state index contributed by atoms with van der Waals surface area (Å²) in [6, 6.07) is 12.6. The molecule has 0 aromatic heterocycles. The van der Waals surface area contributed by atoms with E-state index in [0.29, 0.717) is 23.3 Å². The van der Waals surface area contributed by atoms with Gasteiger partial charge in [-0.15, -0.1) is 0 Å². The zero-order valence-electron chi connectivity index (χ0n) is 14.3. The molecule has 2 aromatic rings. The molecular formula is C21H25NO2. The first-order valence-electron chi connectivity index (χ1n) is 9.15. The van der Waals surface area contributed by atoms with Crippen molar-refractivity contribution in [1.29, 1.82) is 0 Å². The van der Waals surface area contributed by atoms with E-state index in [0.717, 1.165) is 30.2 Å². The molecule has 0 radical (unpaired) electrons. The molecule has 3 nitrogen and oxygen atoms in total. The highest BCUT2D eigenvalue weighted by Crippen LogP contribution is 2.37. The summed E-state index contributed by atoms with van der Waals surface area (Å²) in [5, 5.41) is 2.21. The maximum atomic E-state index is 13.3.